The normalized spacial score (nSPS) is 20.6. The first kappa shape index (κ1) is 22.7. The molecular formula is C26H40N4S. The number of hydrogen-bond acceptors (Lipinski definition) is 5. The van der Waals surface area contributed by atoms with Crippen molar-refractivity contribution in [3.63, 3.8) is 0 Å². The van der Waals surface area contributed by atoms with Gasteiger partial charge in [0, 0.05) is 31.7 Å². The van der Waals surface area contributed by atoms with Gasteiger partial charge >= 0.3 is 0 Å². The van der Waals surface area contributed by atoms with Gasteiger partial charge in [-0.3, -0.25) is 4.90 Å². The summed E-state index contributed by atoms with van der Waals surface area (Å²) in [5, 5.41) is 11.3. The zero-order chi connectivity index (χ0) is 22.1. The molecule has 4 nitrogen and oxygen atoms in total. The Morgan fingerprint density at radius 2 is 1.58 bits per heavy atom. The third-order valence-electron chi connectivity index (χ3n) is 7.48. The zero-order valence-corrected chi connectivity index (χ0v) is 21.0. The van der Waals surface area contributed by atoms with Crippen LogP contribution in [0.25, 0.3) is 10.6 Å². The van der Waals surface area contributed by atoms with E-state index in [1.165, 1.54) is 61.8 Å². The van der Waals surface area contributed by atoms with E-state index in [1.807, 2.05) is 0 Å². The van der Waals surface area contributed by atoms with Gasteiger partial charge in [0.25, 0.3) is 0 Å². The quantitative estimate of drug-likeness (QED) is 0.476. The van der Waals surface area contributed by atoms with Crippen molar-refractivity contribution in [2.75, 3.05) is 37.6 Å². The third kappa shape index (κ3) is 4.98. The number of anilines is 1. The fourth-order valence-corrected chi connectivity index (χ4v) is 6.00. The molecule has 1 aliphatic carbocycles. The van der Waals surface area contributed by atoms with Crippen molar-refractivity contribution >= 4 is 16.5 Å². The van der Waals surface area contributed by atoms with E-state index in [9.17, 15) is 0 Å². The van der Waals surface area contributed by atoms with Crippen LogP contribution in [0.4, 0.5) is 5.13 Å². The highest BCUT2D eigenvalue weighted by molar-refractivity contribution is 7.18. The van der Waals surface area contributed by atoms with Gasteiger partial charge in [0.1, 0.15) is 5.01 Å². The summed E-state index contributed by atoms with van der Waals surface area (Å²) in [5.74, 6) is 0. The van der Waals surface area contributed by atoms with E-state index >= 15 is 0 Å². The first-order valence-electron chi connectivity index (χ1n) is 12.3. The average molecular weight is 441 g/mol. The van der Waals surface area contributed by atoms with E-state index in [2.05, 4.69) is 72.8 Å². The number of benzene rings is 1. The molecule has 1 saturated heterocycles. The van der Waals surface area contributed by atoms with Crippen molar-refractivity contribution in [3.8, 4) is 10.6 Å². The minimum absolute atomic E-state index is 0.224. The molecule has 0 N–H and O–H groups in total. The first-order valence-corrected chi connectivity index (χ1v) is 13.1. The second kappa shape index (κ2) is 9.19. The van der Waals surface area contributed by atoms with Gasteiger partial charge in [-0.15, -0.1) is 10.2 Å². The van der Waals surface area contributed by atoms with Crippen LogP contribution in [0.3, 0.4) is 0 Å². The van der Waals surface area contributed by atoms with Gasteiger partial charge in [-0.1, -0.05) is 77.4 Å². The van der Waals surface area contributed by atoms with Gasteiger partial charge in [-0.05, 0) is 53.8 Å². The molecule has 31 heavy (non-hydrogen) atoms. The van der Waals surface area contributed by atoms with Crippen molar-refractivity contribution in [2.45, 2.75) is 84.0 Å². The average Bonchev–Trinajstić information content (AvgIpc) is 3.25. The zero-order valence-electron chi connectivity index (χ0n) is 20.2. The van der Waals surface area contributed by atoms with Crippen LogP contribution in [0, 0.1) is 0 Å². The minimum Gasteiger partial charge on any atom is -0.344 e. The minimum atomic E-state index is 0.224. The predicted molar refractivity (Wildman–Crippen MR) is 133 cm³/mol. The van der Waals surface area contributed by atoms with Crippen molar-refractivity contribution in [1.29, 1.82) is 0 Å². The molecule has 170 valence electrons. The van der Waals surface area contributed by atoms with Crippen LogP contribution < -0.4 is 4.90 Å². The second-order valence-electron chi connectivity index (χ2n) is 10.8. The Balaban J connectivity index is 1.43. The molecule has 0 radical (unpaired) electrons. The molecule has 1 aromatic heterocycles. The standard InChI is InChI=1S/C26H40N4S/c1-6-7-8-9-14-29-15-17-30(18-16-29)24-28-27-23(31-24)20-10-11-21-22(19-20)26(4,5)13-12-25(21,2)3/h10-11,19H,6-9,12-18H2,1-5H3. The summed E-state index contributed by atoms with van der Waals surface area (Å²) in [5.41, 5.74) is 4.71. The topological polar surface area (TPSA) is 32.3 Å². The van der Waals surface area contributed by atoms with E-state index < -0.39 is 0 Å². The van der Waals surface area contributed by atoms with Crippen molar-refractivity contribution in [3.05, 3.63) is 29.3 Å². The molecule has 0 amide bonds. The highest BCUT2D eigenvalue weighted by atomic mass is 32.1. The molecule has 1 fully saturated rings. The monoisotopic (exact) mass is 440 g/mol. The van der Waals surface area contributed by atoms with Crippen molar-refractivity contribution in [2.24, 2.45) is 0 Å². The summed E-state index contributed by atoms with van der Waals surface area (Å²) >= 11 is 1.75. The molecule has 2 aliphatic rings. The van der Waals surface area contributed by atoms with E-state index in [0.717, 1.165) is 36.3 Å². The third-order valence-corrected chi connectivity index (χ3v) is 8.52. The first-order chi connectivity index (χ1) is 14.8. The summed E-state index contributed by atoms with van der Waals surface area (Å²) < 4.78 is 0. The number of aromatic nitrogens is 2. The summed E-state index contributed by atoms with van der Waals surface area (Å²) in [6.07, 6.45) is 7.87. The smallest absolute Gasteiger partial charge is 0.208 e. The Hall–Kier alpha value is -1.46. The van der Waals surface area contributed by atoms with Gasteiger partial charge in [-0.2, -0.15) is 0 Å². The number of hydrogen-bond donors (Lipinski definition) is 0. The lowest BCUT2D eigenvalue weighted by Gasteiger charge is -2.42. The highest BCUT2D eigenvalue weighted by Gasteiger charge is 2.37. The van der Waals surface area contributed by atoms with Gasteiger partial charge in [-0.25, -0.2) is 0 Å². The number of piperazine rings is 1. The molecular weight excluding hydrogens is 400 g/mol. The van der Waals surface area contributed by atoms with Crippen LogP contribution in [0.2, 0.25) is 0 Å². The van der Waals surface area contributed by atoms with Gasteiger partial charge in [0.05, 0.1) is 0 Å². The van der Waals surface area contributed by atoms with Crippen LogP contribution in [0.5, 0.6) is 0 Å². The Kier molecular flexibility index (Phi) is 6.73. The van der Waals surface area contributed by atoms with Gasteiger partial charge < -0.3 is 4.90 Å². The van der Waals surface area contributed by atoms with Crippen LogP contribution >= 0.6 is 11.3 Å². The maximum absolute atomic E-state index is 4.60. The van der Waals surface area contributed by atoms with Crippen molar-refractivity contribution in [1.82, 2.24) is 15.1 Å². The molecule has 0 unspecified atom stereocenters. The largest absolute Gasteiger partial charge is 0.344 e. The molecule has 2 aromatic rings. The molecule has 4 rings (SSSR count). The molecule has 0 saturated carbocycles. The molecule has 0 bridgehead atoms. The van der Waals surface area contributed by atoms with Crippen LogP contribution in [-0.4, -0.2) is 47.8 Å². The summed E-state index contributed by atoms with van der Waals surface area (Å²) in [4.78, 5) is 5.04. The van der Waals surface area contributed by atoms with E-state index in [-0.39, 0.29) is 10.8 Å². The summed E-state index contributed by atoms with van der Waals surface area (Å²) in [6.45, 7) is 17.5. The van der Waals surface area contributed by atoms with Crippen LogP contribution in [0.15, 0.2) is 18.2 Å². The van der Waals surface area contributed by atoms with Gasteiger partial charge in [0.2, 0.25) is 5.13 Å². The number of fused-ring (bicyclic) bond motifs is 1. The summed E-state index contributed by atoms with van der Waals surface area (Å²) in [6, 6.07) is 7.01. The van der Waals surface area contributed by atoms with Crippen LogP contribution in [-0.2, 0) is 10.8 Å². The Labute approximate surface area is 193 Å². The number of unbranched alkanes of at least 4 members (excludes halogenated alkanes) is 3. The Morgan fingerprint density at radius 3 is 2.29 bits per heavy atom. The predicted octanol–water partition coefficient (Wildman–Crippen LogP) is 6.26. The maximum atomic E-state index is 4.60. The lowest BCUT2D eigenvalue weighted by molar-refractivity contribution is 0.252. The lowest BCUT2D eigenvalue weighted by Crippen LogP contribution is -2.46. The maximum Gasteiger partial charge on any atom is 0.208 e. The van der Waals surface area contributed by atoms with E-state index in [4.69, 9.17) is 0 Å². The summed E-state index contributed by atoms with van der Waals surface area (Å²) in [7, 11) is 0. The van der Waals surface area contributed by atoms with Crippen molar-refractivity contribution < 1.29 is 0 Å². The number of nitrogens with zero attached hydrogens (tertiary/aromatic N) is 4. The lowest BCUT2D eigenvalue weighted by atomic mass is 9.63. The second-order valence-corrected chi connectivity index (χ2v) is 11.8. The van der Waals surface area contributed by atoms with Crippen LogP contribution in [0.1, 0.15) is 84.3 Å². The molecule has 2 heterocycles. The SMILES string of the molecule is CCCCCCN1CCN(c2nnc(-c3ccc4c(c3)C(C)(C)CCC4(C)C)s2)CC1. The number of rotatable bonds is 7. The van der Waals surface area contributed by atoms with E-state index in [0.29, 0.717) is 0 Å². The molecule has 5 heteroatoms. The van der Waals surface area contributed by atoms with E-state index in [1.54, 1.807) is 11.3 Å². The van der Waals surface area contributed by atoms with Gasteiger partial charge in [0.15, 0.2) is 0 Å². The molecule has 1 aromatic carbocycles. The molecule has 0 atom stereocenters. The molecule has 0 spiro atoms. The Morgan fingerprint density at radius 1 is 0.871 bits per heavy atom. The molecule has 1 aliphatic heterocycles. The highest BCUT2D eigenvalue weighted by Crippen LogP contribution is 2.47. The Bertz CT molecular complexity index is 877. The fraction of sp³-hybridized carbons (Fsp3) is 0.692. The fourth-order valence-electron chi connectivity index (χ4n) is 5.11.